The fraction of sp³-hybridized carbons (Fsp3) is 0.360. The van der Waals surface area contributed by atoms with Gasteiger partial charge in [0, 0.05) is 43.8 Å². The van der Waals surface area contributed by atoms with E-state index in [9.17, 15) is 4.79 Å². The maximum Gasteiger partial charge on any atom is 0.341 e. The lowest BCUT2D eigenvalue weighted by Crippen LogP contribution is -2.47. The van der Waals surface area contributed by atoms with Crippen LogP contribution in [0.3, 0.4) is 0 Å². The highest BCUT2D eigenvalue weighted by Crippen LogP contribution is 2.39. The summed E-state index contributed by atoms with van der Waals surface area (Å²) in [5.74, 6) is 1.68. The molecule has 0 amide bonds. The third-order valence-electron chi connectivity index (χ3n) is 5.85. The first kappa shape index (κ1) is 22.5. The summed E-state index contributed by atoms with van der Waals surface area (Å²) in [4.78, 5) is 21.9. The fourth-order valence-electron chi connectivity index (χ4n) is 4.27. The highest BCUT2D eigenvalue weighted by atomic mass is 16.5. The van der Waals surface area contributed by atoms with Gasteiger partial charge in [0.15, 0.2) is 0 Å². The smallest absolute Gasteiger partial charge is 0.341 e. The van der Waals surface area contributed by atoms with E-state index in [1.807, 2.05) is 24.3 Å². The predicted octanol–water partition coefficient (Wildman–Crippen LogP) is 3.76. The third-order valence-corrected chi connectivity index (χ3v) is 5.85. The minimum atomic E-state index is -0.393. The van der Waals surface area contributed by atoms with Gasteiger partial charge in [-0.05, 0) is 25.1 Å². The van der Waals surface area contributed by atoms with Gasteiger partial charge in [-0.3, -0.25) is 4.98 Å². The lowest BCUT2D eigenvalue weighted by atomic mass is 10.1. The summed E-state index contributed by atoms with van der Waals surface area (Å²) in [6.07, 6.45) is 1.58. The van der Waals surface area contributed by atoms with Crippen molar-refractivity contribution in [3.05, 3.63) is 48.2 Å². The first-order chi connectivity index (χ1) is 16.1. The predicted molar refractivity (Wildman–Crippen MR) is 128 cm³/mol. The van der Waals surface area contributed by atoms with E-state index in [0.29, 0.717) is 42.3 Å². The van der Waals surface area contributed by atoms with Gasteiger partial charge in [-0.15, -0.1) is 0 Å². The Hall–Kier alpha value is -3.68. The van der Waals surface area contributed by atoms with Crippen molar-refractivity contribution in [3.8, 4) is 17.2 Å². The normalized spacial score (nSPS) is 13.7. The van der Waals surface area contributed by atoms with Crippen LogP contribution in [-0.2, 0) is 4.74 Å². The van der Waals surface area contributed by atoms with Gasteiger partial charge in [-0.25, -0.2) is 4.79 Å². The number of hydrogen-bond donors (Lipinski definition) is 0. The van der Waals surface area contributed by atoms with Crippen molar-refractivity contribution in [2.24, 2.45) is 0 Å². The van der Waals surface area contributed by atoms with Gasteiger partial charge in [-0.2, -0.15) is 0 Å². The number of methoxy groups -OCH3 is 3. The molecule has 0 radical (unpaired) electrons. The summed E-state index contributed by atoms with van der Waals surface area (Å²) in [6, 6.07) is 11.7. The molecule has 8 nitrogen and oxygen atoms in total. The first-order valence-electron chi connectivity index (χ1n) is 11.0. The summed E-state index contributed by atoms with van der Waals surface area (Å²) in [7, 11) is 4.89. The molecule has 0 atom stereocenters. The number of fused-ring (bicyclic) bond motifs is 1. The second kappa shape index (κ2) is 9.85. The van der Waals surface area contributed by atoms with Crippen LogP contribution in [0, 0.1) is 0 Å². The molecule has 0 bridgehead atoms. The molecule has 1 aliphatic heterocycles. The van der Waals surface area contributed by atoms with Gasteiger partial charge in [0.05, 0.1) is 39.3 Å². The zero-order chi connectivity index (χ0) is 23.4. The van der Waals surface area contributed by atoms with E-state index in [0.717, 1.165) is 35.6 Å². The second-order valence-corrected chi connectivity index (χ2v) is 7.61. The molecule has 4 rings (SSSR count). The lowest BCUT2D eigenvalue weighted by Gasteiger charge is -2.38. The first-order valence-corrected chi connectivity index (χ1v) is 11.0. The van der Waals surface area contributed by atoms with Crippen LogP contribution < -0.4 is 24.0 Å². The van der Waals surface area contributed by atoms with E-state index < -0.39 is 5.97 Å². The molecule has 174 valence electrons. The molecule has 2 aromatic carbocycles. The zero-order valence-electron chi connectivity index (χ0n) is 19.5. The summed E-state index contributed by atoms with van der Waals surface area (Å²) in [6.45, 7) is 5.05. The van der Waals surface area contributed by atoms with Crippen LogP contribution in [0.4, 0.5) is 11.4 Å². The van der Waals surface area contributed by atoms with Crippen molar-refractivity contribution in [1.29, 1.82) is 0 Å². The van der Waals surface area contributed by atoms with Crippen molar-refractivity contribution >= 4 is 28.2 Å². The summed E-state index contributed by atoms with van der Waals surface area (Å²) >= 11 is 0. The summed E-state index contributed by atoms with van der Waals surface area (Å²) < 4.78 is 21.9. The number of para-hydroxylation sites is 2. The van der Waals surface area contributed by atoms with Crippen molar-refractivity contribution in [3.63, 3.8) is 0 Å². The molecule has 1 aliphatic rings. The molecule has 1 saturated heterocycles. The molecule has 1 aromatic heterocycles. The number of ether oxygens (including phenoxy) is 4. The van der Waals surface area contributed by atoms with E-state index in [1.54, 1.807) is 40.5 Å². The van der Waals surface area contributed by atoms with Gasteiger partial charge in [0.2, 0.25) is 0 Å². The molecular weight excluding hydrogens is 422 g/mol. The van der Waals surface area contributed by atoms with Crippen molar-refractivity contribution in [2.75, 3.05) is 63.9 Å². The number of benzene rings is 2. The van der Waals surface area contributed by atoms with Crippen LogP contribution in [0.25, 0.3) is 10.9 Å². The van der Waals surface area contributed by atoms with Gasteiger partial charge < -0.3 is 28.7 Å². The summed E-state index contributed by atoms with van der Waals surface area (Å²) in [5.41, 5.74) is 2.96. The number of hydrogen-bond acceptors (Lipinski definition) is 8. The quantitative estimate of drug-likeness (QED) is 0.503. The molecular formula is C25H29N3O5. The average Bonchev–Trinajstić information content (AvgIpc) is 2.87. The Labute approximate surface area is 193 Å². The third kappa shape index (κ3) is 4.33. The summed E-state index contributed by atoms with van der Waals surface area (Å²) in [5, 5.41) is 0.794. The van der Waals surface area contributed by atoms with Crippen molar-refractivity contribution in [2.45, 2.75) is 6.92 Å². The SMILES string of the molecule is CCOC(=O)c1cnc2c(OC)cc(OC)cc2c1N1CCN(c2ccccc2OC)CC1. The largest absolute Gasteiger partial charge is 0.497 e. The Morgan fingerprint density at radius 3 is 2.30 bits per heavy atom. The number of pyridine rings is 1. The standard InChI is InChI=1S/C25H29N3O5/c1-5-33-25(29)19-16-26-23-18(14-17(30-2)15-22(23)32-4)24(19)28-12-10-27(11-13-28)20-8-6-7-9-21(20)31-3/h6-9,14-16H,5,10-13H2,1-4H3. The molecule has 0 unspecified atom stereocenters. The van der Waals surface area contributed by atoms with E-state index in [4.69, 9.17) is 18.9 Å². The van der Waals surface area contributed by atoms with Crippen LogP contribution in [0.2, 0.25) is 0 Å². The van der Waals surface area contributed by atoms with Crippen LogP contribution in [0.5, 0.6) is 17.2 Å². The molecule has 1 fully saturated rings. The number of anilines is 2. The average molecular weight is 452 g/mol. The second-order valence-electron chi connectivity index (χ2n) is 7.61. The highest BCUT2D eigenvalue weighted by Gasteiger charge is 2.27. The van der Waals surface area contributed by atoms with E-state index >= 15 is 0 Å². The Morgan fingerprint density at radius 1 is 0.939 bits per heavy atom. The van der Waals surface area contributed by atoms with E-state index in [-0.39, 0.29) is 0 Å². The van der Waals surface area contributed by atoms with E-state index in [1.165, 1.54) is 0 Å². The van der Waals surface area contributed by atoms with Crippen LogP contribution in [0.1, 0.15) is 17.3 Å². The zero-order valence-corrected chi connectivity index (χ0v) is 19.5. The van der Waals surface area contributed by atoms with Crippen LogP contribution >= 0.6 is 0 Å². The van der Waals surface area contributed by atoms with Crippen molar-refractivity contribution in [1.82, 2.24) is 4.98 Å². The maximum absolute atomic E-state index is 12.9. The van der Waals surface area contributed by atoms with Crippen molar-refractivity contribution < 1.29 is 23.7 Å². The maximum atomic E-state index is 12.9. The number of esters is 1. The number of piperazine rings is 1. The Balaban J connectivity index is 1.75. The van der Waals surface area contributed by atoms with Crippen LogP contribution in [-0.4, -0.2) is 65.1 Å². The molecule has 2 heterocycles. The highest BCUT2D eigenvalue weighted by molar-refractivity contribution is 6.07. The number of carbonyl (C=O) groups excluding carboxylic acids is 1. The molecule has 0 N–H and O–H groups in total. The van der Waals surface area contributed by atoms with Gasteiger partial charge in [0.1, 0.15) is 28.3 Å². The molecule has 33 heavy (non-hydrogen) atoms. The molecule has 0 aliphatic carbocycles. The number of carbonyl (C=O) groups is 1. The molecule has 3 aromatic rings. The van der Waals surface area contributed by atoms with Crippen LogP contribution in [0.15, 0.2) is 42.6 Å². The Kier molecular flexibility index (Phi) is 6.72. The Bertz CT molecular complexity index is 1140. The monoisotopic (exact) mass is 451 g/mol. The topological polar surface area (TPSA) is 73.4 Å². The van der Waals surface area contributed by atoms with E-state index in [2.05, 4.69) is 20.9 Å². The molecule has 0 saturated carbocycles. The Morgan fingerprint density at radius 2 is 1.64 bits per heavy atom. The van der Waals surface area contributed by atoms with Gasteiger partial charge in [-0.1, -0.05) is 12.1 Å². The molecule has 8 heteroatoms. The molecule has 0 spiro atoms. The number of nitrogens with zero attached hydrogens (tertiary/aromatic N) is 3. The fourth-order valence-corrected chi connectivity index (χ4v) is 4.27. The minimum absolute atomic E-state index is 0.291. The van der Waals surface area contributed by atoms with Gasteiger partial charge in [0.25, 0.3) is 0 Å². The number of aromatic nitrogens is 1. The lowest BCUT2D eigenvalue weighted by molar-refractivity contribution is 0.0526. The van der Waals surface area contributed by atoms with Gasteiger partial charge >= 0.3 is 5.97 Å². The minimum Gasteiger partial charge on any atom is -0.497 e. The number of rotatable bonds is 7.